The van der Waals surface area contributed by atoms with Gasteiger partial charge in [0.05, 0.1) is 17.9 Å². The van der Waals surface area contributed by atoms with Gasteiger partial charge >= 0.3 is 0 Å². The van der Waals surface area contributed by atoms with Crippen LogP contribution in [0.3, 0.4) is 0 Å². The van der Waals surface area contributed by atoms with Crippen molar-refractivity contribution in [2.75, 3.05) is 17.3 Å². The fourth-order valence-electron chi connectivity index (χ4n) is 1.92. The van der Waals surface area contributed by atoms with Crippen molar-refractivity contribution in [1.82, 2.24) is 4.98 Å². The molecule has 1 aromatic rings. The number of hydrogen-bond acceptors (Lipinski definition) is 3. The lowest BCUT2D eigenvalue weighted by molar-refractivity contribution is 0.629. The van der Waals surface area contributed by atoms with Crippen LogP contribution in [0.2, 0.25) is 0 Å². The van der Waals surface area contributed by atoms with Gasteiger partial charge in [0, 0.05) is 24.7 Å². The Bertz CT molecular complexity index is 291. The molecule has 1 saturated heterocycles. The normalized spacial score (nSPS) is 26.9. The van der Waals surface area contributed by atoms with Crippen LogP contribution in [0.4, 0.5) is 5.69 Å². The van der Waals surface area contributed by atoms with E-state index < -0.39 is 0 Å². The molecule has 0 saturated carbocycles. The van der Waals surface area contributed by atoms with Gasteiger partial charge in [0.15, 0.2) is 0 Å². The van der Waals surface area contributed by atoms with E-state index in [1.807, 2.05) is 18.3 Å². The highest BCUT2D eigenvalue weighted by Gasteiger charge is 2.30. The Morgan fingerprint density at radius 3 is 3.14 bits per heavy atom. The zero-order valence-electron chi connectivity index (χ0n) is 7.94. The predicted molar refractivity (Wildman–Crippen MR) is 58.7 cm³/mol. The first-order valence-corrected chi connectivity index (χ1v) is 5.34. The van der Waals surface area contributed by atoms with Crippen molar-refractivity contribution < 1.29 is 0 Å². The van der Waals surface area contributed by atoms with Crippen LogP contribution >= 0.6 is 11.6 Å². The fourth-order valence-corrected chi connectivity index (χ4v) is 2.31. The average molecular weight is 212 g/mol. The van der Waals surface area contributed by atoms with Gasteiger partial charge in [-0.15, -0.1) is 11.6 Å². The zero-order chi connectivity index (χ0) is 9.97. The predicted octanol–water partition coefficient (Wildman–Crippen LogP) is 1.23. The van der Waals surface area contributed by atoms with Gasteiger partial charge in [-0.25, -0.2) is 0 Å². The van der Waals surface area contributed by atoms with Gasteiger partial charge in [0.1, 0.15) is 0 Å². The van der Waals surface area contributed by atoms with Gasteiger partial charge in [-0.05, 0) is 18.6 Å². The molecule has 2 atom stereocenters. The van der Waals surface area contributed by atoms with E-state index in [4.69, 9.17) is 17.3 Å². The molecule has 2 N–H and O–H groups in total. The van der Waals surface area contributed by atoms with Gasteiger partial charge in [-0.1, -0.05) is 0 Å². The summed E-state index contributed by atoms with van der Waals surface area (Å²) in [6.07, 6.45) is 4.64. The molecule has 1 aliphatic heterocycles. The summed E-state index contributed by atoms with van der Waals surface area (Å²) in [4.78, 5) is 6.34. The summed E-state index contributed by atoms with van der Waals surface area (Å²) in [6, 6.07) is 4.42. The highest BCUT2D eigenvalue weighted by atomic mass is 35.5. The van der Waals surface area contributed by atoms with Gasteiger partial charge in [-0.2, -0.15) is 0 Å². The summed E-state index contributed by atoms with van der Waals surface area (Å²) in [5, 5.41) is 0. The van der Waals surface area contributed by atoms with Crippen molar-refractivity contribution in [3.05, 3.63) is 24.5 Å². The lowest BCUT2D eigenvalue weighted by Gasteiger charge is -2.26. The first-order valence-electron chi connectivity index (χ1n) is 4.81. The summed E-state index contributed by atoms with van der Waals surface area (Å²) < 4.78 is 0. The Labute approximate surface area is 88.9 Å². The molecular weight excluding hydrogens is 198 g/mol. The summed E-state index contributed by atoms with van der Waals surface area (Å²) in [7, 11) is 0. The van der Waals surface area contributed by atoms with Crippen molar-refractivity contribution in [3.8, 4) is 0 Å². The Balaban J connectivity index is 2.19. The number of anilines is 1. The summed E-state index contributed by atoms with van der Waals surface area (Å²) in [5.74, 6) is 0.579. The third kappa shape index (κ3) is 1.70. The van der Waals surface area contributed by atoms with E-state index in [1.54, 1.807) is 6.20 Å². The first-order chi connectivity index (χ1) is 6.83. The van der Waals surface area contributed by atoms with Crippen molar-refractivity contribution in [2.24, 2.45) is 5.73 Å². The zero-order valence-corrected chi connectivity index (χ0v) is 8.69. The summed E-state index contributed by atoms with van der Waals surface area (Å²) in [6.45, 7) is 0.976. The molecule has 76 valence electrons. The molecule has 1 aliphatic rings. The second-order valence-corrected chi connectivity index (χ2v) is 3.89. The molecule has 0 aliphatic carbocycles. The van der Waals surface area contributed by atoms with Crippen LogP contribution in [-0.2, 0) is 0 Å². The molecule has 14 heavy (non-hydrogen) atoms. The van der Waals surface area contributed by atoms with E-state index in [0.29, 0.717) is 5.88 Å². The van der Waals surface area contributed by atoms with Crippen molar-refractivity contribution >= 4 is 17.3 Å². The molecule has 0 radical (unpaired) electrons. The van der Waals surface area contributed by atoms with E-state index in [0.717, 1.165) is 18.7 Å². The monoisotopic (exact) mass is 211 g/mol. The van der Waals surface area contributed by atoms with E-state index in [1.165, 1.54) is 0 Å². The maximum Gasteiger partial charge on any atom is 0.0577 e. The Hall–Kier alpha value is -0.800. The Morgan fingerprint density at radius 1 is 1.64 bits per heavy atom. The Kier molecular flexibility index (Phi) is 2.89. The number of nitrogens with zero attached hydrogens (tertiary/aromatic N) is 2. The van der Waals surface area contributed by atoms with Gasteiger partial charge in [-0.3, -0.25) is 4.98 Å². The van der Waals surface area contributed by atoms with Crippen molar-refractivity contribution in [1.29, 1.82) is 0 Å². The van der Waals surface area contributed by atoms with Crippen LogP contribution in [-0.4, -0.2) is 29.5 Å². The van der Waals surface area contributed by atoms with Crippen LogP contribution in [0.25, 0.3) is 0 Å². The highest BCUT2D eigenvalue weighted by molar-refractivity contribution is 6.18. The van der Waals surface area contributed by atoms with E-state index in [9.17, 15) is 0 Å². The lowest BCUT2D eigenvalue weighted by Crippen LogP contribution is -2.40. The Morgan fingerprint density at radius 2 is 2.50 bits per heavy atom. The van der Waals surface area contributed by atoms with Crippen LogP contribution in [0, 0.1) is 0 Å². The molecule has 1 fully saturated rings. The molecule has 1 aromatic heterocycles. The quantitative estimate of drug-likeness (QED) is 0.749. The third-order valence-electron chi connectivity index (χ3n) is 2.73. The molecule has 3 nitrogen and oxygen atoms in total. The SMILES string of the molecule is N[C@@H]1CCN(c2cccnc2)[C@@H]1CCl. The smallest absolute Gasteiger partial charge is 0.0577 e. The molecule has 0 bridgehead atoms. The number of aromatic nitrogens is 1. The molecule has 0 spiro atoms. The van der Waals surface area contributed by atoms with Gasteiger partial charge in [0.2, 0.25) is 0 Å². The van der Waals surface area contributed by atoms with Crippen LogP contribution < -0.4 is 10.6 Å². The van der Waals surface area contributed by atoms with E-state index in [2.05, 4.69) is 9.88 Å². The standard InChI is InChI=1S/C10H14ClN3/c11-6-10-9(12)3-5-14(10)8-2-1-4-13-7-8/h1-2,4,7,9-10H,3,5-6,12H2/t9-,10-/m1/s1. The molecule has 4 heteroatoms. The highest BCUT2D eigenvalue weighted by Crippen LogP contribution is 2.24. The van der Waals surface area contributed by atoms with Gasteiger partial charge < -0.3 is 10.6 Å². The number of nitrogens with two attached hydrogens (primary N) is 1. The fraction of sp³-hybridized carbons (Fsp3) is 0.500. The summed E-state index contributed by atoms with van der Waals surface area (Å²) in [5.41, 5.74) is 7.09. The van der Waals surface area contributed by atoms with Crippen LogP contribution in [0.15, 0.2) is 24.5 Å². The molecular formula is C10H14ClN3. The van der Waals surface area contributed by atoms with Crippen LogP contribution in [0.5, 0.6) is 0 Å². The number of hydrogen-bond donors (Lipinski definition) is 1. The molecule has 2 heterocycles. The molecule has 0 amide bonds. The molecule has 2 rings (SSSR count). The van der Waals surface area contributed by atoms with E-state index in [-0.39, 0.29) is 12.1 Å². The van der Waals surface area contributed by atoms with Gasteiger partial charge in [0.25, 0.3) is 0 Å². The second-order valence-electron chi connectivity index (χ2n) is 3.58. The van der Waals surface area contributed by atoms with Crippen LogP contribution in [0.1, 0.15) is 6.42 Å². The maximum atomic E-state index is 5.97. The second kappa shape index (κ2) is 4.15. The molecule has 0 unspecified atom stereocenters. The number of rotatable bonds is 2. The summed E-state index contributed by atoms with van der Waals surface area (Å²) >= 11 is 5.91. The average Bonchev–Trinajstić information content (AvgIpc) is 2.61. The minimum atomic E-state index is 0.188. The minimum absolute atomic E-state index is 0.188. The topological polar surface area (TPSA) is 42.1 Å². The lowest BCUT2D eigenvalue weighted by atomic mass is 10.1. The molecule has 0 aromatic carbocycles. The van der Waals surface area contributed by atoms with Crippen molar-refractivity contribution in [2.45, 2.75) is 18.5 Å². The largest absolute Gasteiger partial charge is 0.364 e. The minimum Gasteiger partial charge on any atom is -0.364 e. The number of alkyl halides is 1. The third-order valence-corrected chi connectivity index (χ3v) is 3.05. The number of pyridine rings is 1. The first kappa shape index (κ1) is 9.74. The van der Waals surface area contributed by atoms with E-state index >= 15 is 0 Å². The maximum absolute atomic E-state index is 5.97. The van der Waals surface area contributed by atoms with Crippen molar-refractivity contribution in [3.63, 3.8) is 0 Å². The number of halogens is 1.